The molecule has 0 radical (unpaired) electrons. The third-order valence-corrected chi connectivity index (χ3v) is 3.40. The van der Waals surface area contributed by atoms with E-state index in [1.807, 2.05) is 6.92 Å². The Morgan fingerprint density at radius 1 is 1.25 bits per heavy atom. The van der Waals surface area contributed by atoms with Crippen molar-refractivity contribution in [1.29, 1.82) is 0 Å². The zero-order chi connectivity index (χ0) is 18.1. The lowest BCUT2D eigenvalue weighted by molar-refractivity contribution is -0.150. The molecule has 1 aromatic carbocycles. The summed E-state index contributed by atoms with van der Waals surface area (Å²) < 4.78 is 10.0. The lowest BCUT2D eigenvalue weighted by atomic mass is 10.2. The largest absolute Gasteiger partial charge is 0.482 e. The average molecular weight is 357 g/mol. The molecular weight excluding hydrogens is 336 g/mol. The standard InChI is InChI=1S/C16H21ClN2O5/c1-4-18-16(22)11(3)19-14(20)8-24-15(21)9-23-12-5-6-13(17)10(2)7-12/h5-7,11H,4,8-9H2,1-3H3,(H,18,22)(H,19,20)/t11-/m0/s1. The van der Waals surface area contributed by atoms with Gasteiger partial charge in [0.1, 0.15) is 11.8 Å². The minimum Gasteiger partial charge on any atom is -0.482 e. The number of amides is 2. The van der Waals surface area contributed by atoms with Gasteiger partial charge in [0.2, 0.25) is 5.91 Å². The molecular formula is C16H21ClN2O5. The van der Waals surface area contributed by atoms with Crippen LogP contribution in [0.2, 0.25) is 5.02 Å². The number of esters is 1. The van der Waals surface area contributed by atoms with Gasteiger partial charge in [0.15, 0.2) is 13.2 Å². The number of nitrogens with one attached hydrogen (secondary N) is 2. The van der Waals surface area contributed by atoms with Crippen LogP contribution in [0.4, 0.5) is 0 Å². The summed E-state index contributed by atoms with van der Waals surface area (Å²) in [5.74, 6) is -1.09. The molecule has 1 rings (SSSR count). The molecule has 132 valence electrons. The molecule has 2 amide bonds. The van der Waals surface area contributed by atoms with Gasteiger partial charge in [0.25, 0.3) is 5.91 Å². The number of hydrogen-bond acceptors (Lipinski definition) is 5. The summed E-state index contributed by atoms with van der Waals surface area (Å²) in [7, 11) is 0. The number of carbonyl (C=O) groups excluding carboxylic acids is 3. The predicted octanol–water partition coefficient (Wildman–Crippen LogP) is 1.21. The van der Waals surface area contributed by atoms with Crippen LogP contribution in [-0.4, -0.2) is 43.6 Å². The molecule has 0 bridgehead atoms. The maximum Gasteiger partial charge on any atom is 0.344 e. The summed E-state index contributed by atoms with van der Waals surface area (Å²) in [6.07, 6.45) is 0. The van der Waals surface area contributed by atoms with E-state index in [1.165, 1.54) is 6.92 Å². The Morgan fingerprint density at radius 2 is 1.96 bits per heavy atom. The molecule has 0 heterocycles. The number of aryl methyl sites for hydroxylation is 1. The van der Waals surface area contributed by atoms with E-state index >= 15 is 0 Å². The number of rotatable bonds is 8. The van der Waals surface area contributed by atoms with Crippen molar-refractivity contribution in [3.63, 3.8) is 0 Å². The first kappa shape index (κ1) is 19.8. The number of hydrogen-bond donors (Lipinski definition) is 2. The average Bonchev–Trinajstić information content (AvgIpc) is 2.54. The maximum absolute atomic E-state index is 11.6. The molecule has 0 saturated carbocycles. The van der Waals surface area contributed by atoms with Crippen molar-refractivity contribution < 1.29 is 23.9 Å². The molecule has 0 aromatic heterocycles. The van der Waals surface area contributed by atoms with Crippen LogP contribution in [0.15, 0.2) is 18.2 Å². The summed E-state index contributed by atoms with van der Waals surface area (Å²) in [6.45, 7) is 4.78. The molecule has 1 aromatic rings. The first-order valence-electron chi connectivity index (χ1n) is 7.45. The quantitative estimate of drug-likeness (QED) is 0.683. The van der Waals surface area contributed by atoms with Crippen LogP contribution in [0.5, 0.6) is 5.75 Å². The second-order valence-electron chi connectivity index (χ2n) is 5.04. The molecule has 0 aliphatic heterocycles. The van der Waals surface area contributed by atoms with Gasteiger partial charge in [0.05, 0.1) is 0 Å². The van der Waals surface area contributed by atoms with Gasteiger partial charge in [-0.3, -0.25) is 9.59 Å². The third-order valence-electron chi connectivity index (χ3n) is 2.97. The SMILES string of the molecule is CCNC(=O)[C@H](C)NC(=O)COC(=O)COc1ccc(Cl)c(C)c1. The number of ether oxygens (including phenoxy) is 2. The number of halogens is 1. The van der Waals surface area contributed by atoms with Crippen molar-refractivity contribution in [2.45, 2.75) is 26.8 Å². The van der Waals surface area contributed by atoms with E-state index in [-0.39, 0.29) is 12.5 Å². The highest BCUT2D eigenvalue weighted by molar-refractivity contribution is 6.31. The summed E-state index contributed by atoms with van der Waals surface area (Å²) in [4.78, 5) is 34.6. The fourth-order valence-corrected chi connectivity index (χ4v) is 1.83. The maximum atomic E-state index is 11.6. The molecule has 0 aliphatic carbocycles. The van der Waals surface area contributed by atoms with Crippen molar-refractivity contribution in [3.8, 4) is 5.75 Å². The van der Waals surface area contributed by atoms with E-state index in [0.717, 1.165) is 5.56 Å². The highest BCUT2D eigenvalue weighted by Gasteiger charge is 2.16. The monoisotopic (exact) mass is 356 g/mol. The molecule has 0 unspecified atom stereocenters. The van der Waals surface area contributed by atoms with Crippen molar-refractivity contribution in [2.75, 3.05) is 19.8 Å². The number of carbonyl (C=O) groups is 3. The summed E-state index contributed by atoms with van der Waals surface area (Å²) >= 11 is 5.89. The molecule has 24 heavy (non-hydrogen) atoms. The molecule has 0 aliphatic rings. The summed E-state index contributed by atoms with van der Waals surface area (Å²) in [5, 5.41) is 5.60. The first-order valence-corrected chi connectivity index (χ1v) is 7.83. The van der Waals surface area contributed by atoms with Gasteiger partial charge in [-0.05, 0) is 44.5 Å². The highest BCUT2D eigenvalue weighted by Crippen LogP contribution is 2.20. The van der Waals surface area contributed by atoms with E-state index in [0.29, 0.717) is 17.3 Å². The topological polar surface area (TPSA) is 93.7 Å². The Morgan fingerprint density at radius 3 is 2.58 bits per heavy atom. The molecule has 2 N–H and O–H groups in total. The molecule has 8 heteroatoms. The molecule has 1 atom stereocenters. The van der Waals surface area contributed by atoms with Crippen molar-refractivity contribution in [1.82, 2.24) is 10.6 Å². The Bertz CT molecular complexity index is 606. The van der Waals surface area contributed by atoms with Crippen LogP contribution in [-0.2, 0) is 19.1 Å². The van der Waals surface area contributed by atoms with Gasteiger partial charge >= 0.3 is 5.97 Å². The van der Waals surface area contributed by atoms with Crippen LogP contribution in [0.1, 0.15) is 19.4 Å². The van der Waals surface area contributed by atoms with Gasteiger partial charge in [-0.15, -0.1) is 0 Å². The second kappa shape index (κ2) is 9.77. The van der Waals surface area contributed by atoms with Crippen molar-refractivity contribution in [2.24, 2.45) is 0 Å². The Balaban J connectivity index is 2.31. The van der Waals surface area contributed by atoms with Crippen LogP contribution < -0.4 is 15.4 Å². The Labute approximate surface area is 145 Å². The van der Waals surface area contributed by atoms with Crippen molar-refractivity contribution >= 4 is 29.4 Å². The van der Waals surface area contributed by atoms with Crippen molar-refractivity contribution in [3.05, 3.63) is 28.8 Å². The third kappa shape index (κ3) is 6.87. The lowest BCUT2D eigenvalue weighted by Crippen LogP contribution is -2.46. The zero-order valence-corrected chi connectivity index (χ0v) is 14.6. The van der Waals surface area contributed by atoms with E-state index in [1.54, 1.807) is 25.1 Å². The fourth-order valence-electron chi connectivity index (χ4n) is 1.71. The minimum absolute atomic E-state index is 0.307. The molecule has 0 spiro atoms. The predicted molar refractivity (Wildman–Crippen MR) is 88.9 cm³/mol. The fraction of sp³-hybridized carbons (Fsp3) is 0.438. The smallest absolute Gasteiger partial charge is 0.344 e. The van der Waals surface area contributed by atoms with Gasteiger partial charge in [-0.1, -0.05) is 11.6 Å². The zero-order valence-electron chi connectivity index (χ0n) is 13.8. The van der Waals surface area contributed by atoms with E-state index in [9.17, 15) is 14.4 Å². The van der Waals surface area contributed by atoms with Crippen LogP contribution in [0.25, 0.3) is 0 Å². The summed E-state index contributed by atoms with van der Waals surface area (Å²) in [5.41, 5.74) is 0.821. The van der Waals surface area contributed by atoms with E-state index < -0.39 is 24.5 Å². The van der Waals surface area contributed by atoms with Gasteiger partial charge < -0.3 is 20.1 Å². The van der Waals surface area contributed by atoms with Crippen LogP contribution in [0, 0.1) is 6.92 Å². The van der Waals surface area contributed by atoms with E-state index in [4.69, 9.17) is 21.1 Å². The molecule has 0 fully saturated rings. The molecule has 0 saturated heterocycles. The van der Waals surface area contributed by atoms with E-state index in [2.05, 4.69) is 10.6 Å². The van der Waals surface area contributed by atoms with Crippen LogP contribution in [0.3, 0.4) is 0 Å². The summed E-state index contributed by atoms with van der Waals surface area (Å²) in [6, 6.07) is 4.28. The lowest BCUT2D eigenvalue weighted by Gasteiger charge is -2.13. The highest BCUT2D eigenvalue weighted by atomic mass is 35.5. The Kier molecular flexibility index (Phi) is 8.05. The number of likely N-dealkylation sites (N-methyl/N-ethyl adjacent to an activating group) is 1. The van der Waals surface area contributed by atoms with Gasteiger partial charge in [0, 0.05) is 11.6 Å². The first-order chi connectivity index (χ1) is 11.3. The Hall–Kier alpha value is -2.28. The number of benzene rings is 1. The van der Waals surface area contributed by atoms with Gasteiger partial charge in [-0.2, -0.15) is 0 Å². The van der Waals surface area contributed by atoms with Gasteiger partial charge in [-0.25, -0.2) is 4.79 Å². The molecule has 7 nitrogen and oxygen atoms in total. The second-order valence-corrected chi connectivity index (χ2v) is 5.45. The minimum atomic E-state index is -0.704. The normalized spacial score (nSPS) is 11.3. The van der Waals surface area contributed by atoms with Crippen LogP contribution >= 0.6 is 11.6 Å².